The zero-order chi connectivity index (χ0) is 34.0. The van der Waals surface area contributed by atoms with Crippen LogP contribution < -0.4 is 25.2 Å². The number of para-hydroxylation sites is 2. The highest BCUT2D eigenvalue weighted by molar-refractivity contribution is 9.10. The molecule has 47 heavy (non-hydrogen) atoms. The minimum Gasteiger partial charge on any atom is -0.496 e. The molecule has 1 heterocycles. The molecule has 3 amide bonds. The van der Waals surface area contributed by atoms with Crippen LogP contribution in [0.5, 0.6) is 5.75 Å². The van der Waals surface area contributed by atoms with Crippen LogP contribution in [0.1, 0.15) is 34.5 Å². The number of anilines is 2. The lowest BCUT2D eigenvalue weighted by atomic mass is 10.0. The van der Waals surface area contributed by atoms with Gasteiger partial charge in [0.05, 0.1) is 37.6 Å². The Morgan fingerprint density at radius 1 is 1.04 bits per heavy atom. The summed E-state index contributed by atoms with van der Waals surface area (Å²) in [5.74, 6) is -1.03. The van der Waals surface area contributed by atoms with E-state index in [0.29, 0.717) is 22.7 Å². The first-order chi connectivity index (χ1) is 22.3. The van der Waals surface area contributed by atoms with Crippen LogP contribution in [0.15, 0.2) is 83.3 Å². The van der Waals surface area contributed by atoms with Crippen molar-refractivity contribution in [3.05, 3.63) is 100 Å². The summed E-state index contributed by atoms with van der Waals surface area (Å²) in [6.07, 6.45) is -7.59. The Morgan fingerprint density at radius 3 is 2.36 bits per heavy atom. The summed E-state index contributed by atoms with van der Waals surface area (Å²) in [6.45, 7) is 1.39. The average Bonchev–Trinajstić information content (AvgIpc) is 3.17. The molecule has 0 fully saturated rings. The van der Waals surface area contributed by atoms with E-state index >= 15 is 0 Å². The number of halogens is 4. The Labute approximate surface area is 277 Å². The molecule has 0 aliphatic carbocycles. The molecule has 0 bridgehead atoms. The number of methoxy groups -OCH3 is 1. The predicted octanol–water partition coefficient (Wildman–Crippen LogP) is 5.49. The second-order valence-corrected chi connectivity index (χ2v) is 12.0. The van der Waals surface area contributed by atoms with Crippen LogP contribution >= 0.6 is 15.9 Å². The molecule has 0 spiro atoms. The molecular formula is C34H32BrF3N4O5. The number of benzene rings is 4. The lowest BCUT2D eigenvalue weighted by Gasteiger charge is -2.27. The maximum Gasteiger partial charge on any atom is 0.418 e. The number of carbonyl (C=O) groups is 3. The van der Waals surface area contributed by atoms with Crippen molar-refractivity contribution in [2.24, 2.45) is 0 Å². The molecule has 3 N–H and O–H groups in total. The number of hydrogen-bond acceptors (Lipinski definition) is 6. The van der Waals surface area contributed by atoms with Crippen LogP contribution in [-0.4, -0.2) is 61.8 Å². The summed E-state index contributed by atoms with van der Waals surface area (Å²) >= 11 is 3.50. The highest BCUT2D eigenvalue weighted by Crippen LogP contribution is 2.38. The number of hydrogen-bond donors (Lipinski definition) is 3. The van der Waals surface area contributed by atoms with Gasteiger partial charge < -0.3 is 30.3 Å². The van der Waals surface area contributed by atoms with Crippen LogP contribution in [-0.2, 0) is 16.1 Å². The number of rotatable bonds is 8. The topological polar surface area (TPSA) is 111 Å². The summed E-state index contributed by atoms with van der Waals surface area (Å²) in [5, 5.41) is 17.0. The largest absolute Gasteiger partial charge is 0.496 e. The molecule has 0 radical (unpaired) electrons. The van der Waals surface area contributed by atoms with E-state index in [2.05, 4.69) is 26.6 Å². The van der Waals surface area contributed by atoms with Crippen LogP contribution in [0.2, 0.25) is 0 Å². The smallest absolute Gasteiger partial charge is 0.418 e. The molecular weight excluding hydrogens is 681 g/mol. The van der Waals surface area contributed by atoms with Gasteiger partial charge in [0.1, 0.15) is 11.8 Å². The first kappa shape index (κ1) is 33.9. The maximum absolute atomic E-state index is 14.4. The normalized spacial score (nSPS) is 16.3. The number of nitrogens with one attached hydrogen (secondary N) is 2. The van der Waals surface area contributed by atoms with E-state index in [1.807, 2.05) is 24.3 Å². The molecule has 0 saturated heterocycles. The third kappa shape index (κ3) is 6.97. The average molecular weight is 714 g/mol. The molecule has 4 aromatic carbocycles. The molecule has 3 atom stereocenters. The zero-order valence-corrected chi connectivity index (χ0v) is 27.2. The minimum atomic E-state index is -4.88. The van der Waals surface area contributed by atoms with E-state index < -0.39 is 47.6 Å². The Bertz CT molecular complexity index is 1820. The number of alkyl halides is 3. The summed E-state index contributed by atoms with van der Waals surface area (Å²) < 4.78 is 45.9. The van der Waals surface area contributed by atoms with Crippen molar-refractivity contribution >= 4 is 55.8 Å². The van der Waals surface area contributed by atoms with Crippen molar-refractivity contribution in [1.82, 2.24) is 10.6 Å². The number of carbonyl (C=O) groups excluding carboxylic acids is 3. The van der Waals surface area contributed by atoms with Crippen molar-refractivity contribution in [1.29, 1.82) is 0 Å². The van der Waals surface area contributed by atoms with Crippen molar-refractivity contribution < 1.29 is 37.4 Å². The second kappa shape index (κ2) is 13.7. The molecule has 1 unspecified atom stereocenters. The lowest BCUT2D eigenvalue weighted by Crippen LogP contribution is -2.55. The van der Waals surface area contributed by atoms with Gasteiger partial charge in [-0.25, -0.2) is 0 Å². The number of aliphatic hydroxyl groups is 1. The molecule has 4 aromatic rings. The highest BCUT2D eigenvalue weighted by Gasteiger charge is 2.40. The fourth-order valence-electron chi connectivity index (χ4n) is 5.49. The van der Waals surface area contributed by atoms with Gasteiger partial charge in [0.25, 0.3) is 11.8 Å². The number of ether oxygens (including phenoxy) is 1. The molecule has 0 saturated carbocycles. The number of likely N-dealkylation sites (N-methyl/N-ethyl adjacent to an activating group) is 1. The highest BCUT2D eigenvalue weighted by atomic mass is 79.9. The Kier molecular flexibility index (Phi) is 9.89. The summed E-state index contributed by atoms with van der Waals surface area (Å²) in [7, 11) is 3.13. The first-order valence-corrected chi connectivity index (χ1v) is 15.4. The molecule has 1 aliphatic heterocycles. The fraction of sp³-hybridized carbons (Fsp3) is 0.265. The van der Waals surface area contributed by atoms with Gasteiger partial charge in [-0.2, -0.15) is 13.2 Å². The quantitative estimate of drug-likeness (QED) is 0.223. The van der Waals surface area contributed by atoms with E-state index in [0.717, 1.165) is 27.4 Å². The SMILES string of the molecule is CN[C@@H](C)C(=O)N[C@H]1CN(C(=O)c2ccc(C(O)C(F)(F)F)cc2)c2ccccc2N(Cc2c(OC)ccc3cc(Br)ccc23)C1=O. The molecule has 246 valence electrons. The predicted molar refractivity (Wildman–Crippen MR) is 175 cm³/mol. The first-order valence-electron chi connectivity index (χ1n) is 14.6. The third-order valence-electron chi connectivity index (χ3n) is 8.15. The van der Waals surface area contributed by atoms with Crippen molar-refractivity contribution in [3.63, 3.8) is 0 Å². The van der Waals surface area contributed by atoms with E-state index in [1.54, 1.807) is 44.3 Å². The van der Waals surface area contributed by atoms with Crippen LogP contribution in [0.3, 0.4) is 0 Å². The fourth-order valence-corrected chi connectivity index (χ4v) is 5.87. The van der Waals surface area contributed by atoms with Gasteiger partial charge in [-0.15, -0.1) is 0 Å². The van der Waals surface area contributed by atoms with E-state index in [4.69, 9.17) is 4.74 Å². The van der Waals surface area contributed by atoms with Crippen LogP contribution in [0.25, 0.3) is 10.8 Å². The van der Waals surface area contributed by atoms with Crippen LogP contribution in [0, 0.1) is 0 Å². The molecule has 13 heteroatoms. The maximum atomic E-state index is 14.4. The second-order valence-electron chi connectivity index (χ2n) is 11.1. The molecule has 9 nitrogen and oxygen atoms in total. The van der Waals surface area contributed by atoms with Crippen molar-refractivity contribution in [2.75, 3.05) is 30.5 Å². The number of nitrogens with zero attached hydrogens (tertiary/aromatic N) is 2. The van der Waals surface area contributed by atoms with E-state index in [9.17, 15) is 32.7 Å². The minimum absolute atomic E-state index is 0.0220. The molecule has 1 aliphatic rings. The van der Waals surface area contributed by atoms with Gasteiger partial charge in [-0.1, -0.05) is 52.3 Å². The van der Waals surface area contributed by atoms with Gasteiger partial charge in [0.15, 0.2) is 6.10 Å². The van der Waals surface area contributed by atoms with Crippen molar-refractivity contribution in [2.45, 2.75) is 37.8 Å². The summed E-state index contributed by atoms with van der Waals surface area (Å²) in [5.41, 5.74) is 1.03. The van der Waals surface area contributed by atoms with Gasteiger partial charge in [0.2, 0.25) is 5.91 Å². The van der Waals surface area contributed by atoms with Gasteiger partial charge >= 0.3 is 6.18 Å². The number of fused-ring (bicyclic) bond motifs is 2. The zero-order valence-electron chi connectivity index (χ0n) is 25.6. The summed E-state index contributed by atoms with van der Waals surface area (Å²) in [4.78, 5) is 44.4. The number of amides is 3. The number of aliphatic hydroxyl groups excluding tert-OH is 1. The van der Waals surface area contributed by atoms with Gasteiger partial charge in [0, 0.05) is 15.6 Å². The summed E-state index contributed by atoms with van der Waals surface area (Å²) in [6, 6.07) is 18.8. The third-order valence-corrected chi connectivity index (χ3v) is 8.64. The Hall–Kier alpha value is -4.46. The van der Waals surface area contributed by atoms with E-state index in [-0.39, 0.29) is 18.7 Å². The van der Waals surface area contributed by atoms with Crippen molar-refractivity contribution in [3.8, 4) is 5.75 Å². The van der Waals surface area contributed by atoms with Crippen LogP contribution in [0.4, 0.5) is 24.5 Å². The molecule has 0 aromatic heterocycles. The Balaban J connectivity index is 1.61. The molecule has 5 rings (SSSR count). The van der Waals surface area contributed by atoms with Gasteiger partial charge in [-0.3, -0.25) is 14.4 Å². The lowest BCUT2D eigenvalue weighted by molar-refractivity contribution is -0.206. The Morgan fingerprint density at radius 2 is 1.72 bits per heavy atom. The standard InChI is InChI=1S/C34H32BrF3N4O5/c1-19(39-2)31(44)40-26-18-42(32(45)21-10-8-20(9-11-21)30(43)34(36,37)38)28-7-5-4-6-27(28)41(33(26)46)17-25-24-14-13-23(35)16-22(24)12-15-29(25)47-3/h4-16,19,26,30,39,43H,17-18H2,1-3H3,(H,40,44)/t19-,26-,30?/m0/s1. The van der Waals surface area contributed by atoms with Gasteiger partial charge in [-0.05, 0) is 72.8 Å². The monoisotopic (exact) mass is 712 g/mol. The van der Waals surface area contributed by atoms with E-state index in [1.165, 1.54) is 29.0 Å².